The maximum atomic E-state index is 10.9. The lowest BCUT2D eigenvalue weighted by Gasteiger charge is -1.98. The molecule has 0 rings (SSSR count). The van der Waals surface area contributed by atoms with Crippen LogP contribution >= 0.6 is 0 Å². The van der Waals surface area contributed by atoms with Crippen LogP contribution in [0.3, 0.4) is 0 Å². The van der Waals surface area contributed by atoms with E-state index in [1.807, 2.05) is 6.92 Å². The number of sulfone groups is 1. The van der Waals surface area contributed by atoms with Crippen LogP contribution in [-0.4, -0.2) is 20.4 Å². The third-order valence-corrected chi connectivity index (χ3v) is 2.60. The normalized spacial score (nSPS) is 12.7. The van der Waals surface area contributed by atoms with Gasteiger partial charge in [0.05, 0.1) is 5.75 Å². The number of allylic oxidation sites excluding steroid dienone is 3. The van der Waals surface area contributed by atoms with E-state index < -0.39 is 9.84 Å². The molecule has 0 aliphatic carbocycles. The van der Waals surface area contributed by atoms with Gasteiger partial charge in [-0.2, -0.15) is 0 Å². The summed E-state index contributed by atoms with van der Waals surface area (Å²) in [6, 6.07) is 0. The second kappa shape index (κ2) is 6.02. The molecule has 0 fully saturated rings. The molecule has 0 spiro atoms. The van der Waals surface area contributed by atoms with Crippen molar-refractivity contribution in [3.8, 4) is 0 Å². The maximum absolute atomic E-state index is 10.9. The van der Waals surface area contributed by atoms with Crippen molar-refractivity contribution in [1.82, 2.24) is 0 Å². The molecule has 0 amide bonds. The zero-order valence-electron chi connectivity index (χ0n) is 9.50. The molecule has 14 heavy (non-hydrogen) atoms. The van der Waals surface area contributed by atoms with Crippen molar-refractivity contribution >= 4 is 9.84 Å². The molecule has 0 atom stereocenters. The molecule has 0 saturated heterocycles. The van der Waals surface area contributed by atoms with Crippen molar-refractivity contribution in [3.63, 3.8) is 0 Å². The van der Waals surface area contributed by atoms with Gasteiger partial charge < -0.3 is 0 Å². The van der Waals surface area contributed by atoms with Gasteiger partial charge in [-0.3, -0.25) is 0 Å². The van der Waals surface area contributed by atoms with Crippen molar-refractivity contribution in [3.05, 3.63) is 23.3 Å². The smallest absolute Gasteiger partial charge is 0.151 e. The van der Waals surface area contributed by atoms with Crippen LogP contribution in [0.2, 0.25) is 0 Å². The van der Waals surface area contributed by atoms with Gasteiger partial charge in [-0.05, 0) is 33.6 Å². The Labute approximate surface area is 87.6 Å². The first-order valence-corrected chi connectivity index (χ1v) is 6.84. The molecule has 0 aliphatic heterocycles. The third kappa shape index (κ3) is 9.52. The van der Waals surface area contributed by atoms with E-state index in [0.717, 1.165) is 18.4 Å². The number of hydrogen-bond acceptors (Lipinski definition) is 2. The molecule has 82 valence electrons. The van der Waals surface area contributed by atoms with Crippen molar-refractivity contribution in [2.45, 2.75) is 33.6 Å². The highest BCUT2D eigenvalue weighted by Crippen LogP contribution is 2.06. The summed E-state index contributed by atoms with van der Waals surface area (Å²) in [6.45, 7) is 6.11. The van der Waals surface area contributed by atoms with Crippen molar-refractivity contribution in [2.75, 3.05) is 12.0 Å². The molecule has 0 aromatic rings. The van der Waals surface area contributed by atoms with E-state index in [-0.39, 0.29) is 5.75 Å². The summed E-state index contributed by atoms with van der Waals surface area (Å²) in [5.74, 6) is 0.160. The largest absolute Gasteiger partial charge is 0.229 e. The van der Waals surface area contributed by atoms with Crippen molar-refractivity contribution in [2.24, 2.45) is 0 Å². The number of rotatable bonds is 5. The standard InChI is InChI=1S/C11H20O2S/c1-10(2)6-5-7-11(3)8-9-14(4,12)13/h6,8H,5,7,9H2,1-4H3/b11-8+. The molecule has 3 heteroatoms. The van der Waals surface area contributed by atoms with E-state index in [1.165, 1.54) is 11.8 Å². The van der Waals surface area contributed by atoms with Gasteiger partial charge in [-0.1, -0.05) is 23.3 Å². The fourth-order valence-electron chi connectivity index (χ4n) is 0.984. The van der Waals surface area contributed by atoms with Gasteiger partial charge in [0.15, 0.2) is 9.84 Å². The van der Waals surface area contributed by atoms with E-state index in [9.17, 15) is 8.42 Å². The van der Waals surface area contributed by atoms with E-state index in [1.54, 1.807) is 6.08 Å². The summed E-state index contributed by atoms with van der Waals surface area (Å²) >= 11 is 0. The lowest BCUT2D eigenvalue weighted by molar-refractivity contribution is 0.604. The Morgan fingerprint density at radius 2 is 1.71 bits per heavy atom. The van der Waals surface area contributed by atoms with Gasteiger partial charge in [0.25, 0.3) is 0 Å². The van der Waals surface area contributed by atoms with Gasteiger partial charge in [-0.25, -0.2) is 8.42 Å². The first-order valence-electron chi connectivity index (χ1n) is 4.78. The highest BCUT2D eigenvalue weighted by atomic mass is 32.2. The van der Waals surface area contributed by atoms with Crippen LogP contribution in [0.25, 0.3) is 0 Å². The highest BCUT2D eigenvalue weighted by molar-refractivity contribution is 7.90. The first-order chi connectivity index (χ1) is 6.31. The first kappa shape index (κ1) is 13.4. The highest BCUT2D eigenvalue weighted by Gasteiger charge is 1.98. The Kier molecular flexibility index (Phi) is 5.77. The second-order valence-electron chi connectivity index (χ2n) is 3.96. The molecule has 0 radical (unpaired) electrons. The van der Waals surface area contributed by atoms with Gasteiger partial charge in [0.2, 0.25) is 0 Å². The Balaban J connectivity index is 3.97. The van der Waals surface area contributed by atoms with Crippen LogP contribution in [0, 0.1) is 0 Å². The minimum Gasteiger partial charge on any atom is -0.229 e. The minimum atomic E-state index is -2.85. The molecule has 0 N–H and O–H groups in total. The van der Waals surface area contributed by atoms with E-state index in [4.69, 9.17) is 0 Å². The van der Waals surface area contributed by atoms with Crippen LogP contribution in [0.1, 0.15) is 33.6 Å². The fourth-order valence-corrected chi connectivity index (χ4v) is 1.57. The predicted molar refractivity (Wildman–Crippen MR) is 62.1 cm³/mol. The maximum Gasteiger partial charge on any atom is 0.151 e. The Hall–Kier alpha value is -0.570. The van der Waals surface area contributed by atoms with Gasteiger partial charge >= 0.3 is 0 Å². The van der Waals surface area contributed by atoms with E-state index >= 15 is 0 Å². The van der Waals surface area contributed by atoms with Crippen LogP contribution in [0.5, 0.6) is 0 Å². The van der Waals surface area contributed by atoms with E-state index in [2.05, 4.69) is 19.9 Å². The molecular weight excluding hydrogens is 196 g/mol. The SMILES string of the molecule is CC(C)=CCC/C(C)=C/CS(C)(=O)=O. The quantitative estimate of drug-likeness (QED) is 0.662. The van der Waals surface area contributed by atoms with Crippen LogP contribution in [0.4, 0.5) is 0 Å². The molecule has 0 aliphatic rings. The van der Waals surface area contributed by atoms with Gasteiger partial charge in [0.1, 0.15) is 0 Å². The summed E-state index contributed by atoms with van der Waals surface area (Å²) < 4.78 is 21.7. The summed E-state index contributed by atoms with van der Waals surface area (Å²) in [5, 5.41) is 0. The van der Waals surface area contributed by atoms with Gasteiger partial charge in [0, 0.05) is 6.26 Å². The minimum absolute atomic E-state index is 0.160. The molecule has 0 heterocycles. The molecule has 0 aromatic carbocycles. The Morgan fingerprint density at radius 1 is 1.14 bits per heavy atom. The molecule has 2 nitrogen and oxygen atoms in total. The predicted octanol–water partition coefficient (Wildman–Crippen LogP) is 2.72. The average Bonchev–Trinajstić information content (AvgIpc) is 1.99. The van der Waals surface area contributed by atoms with Crippen LogP contribution in [0.15, 0.2) is 23.3 Å². The lowest BCUT2D eigenvalue weighted by Crippen LogP contribution is -2.00. The molecule has 0 bridgehead atoms. The van der Waals surface area contributed by atoms with Crippen LogP contribution < -0.4 is 0 Å². The van der Waals surface area contributed by atoms with Crippen molar-refractivity contribution < 1.29 is 8.42 Å². The number of hydrogen-bond donors (Lipinski definition) is 0. The van der Waals surface area contributed by atoms with Crippen LogP contribution in [-0.2, 0) is 9.84 Å². The fraction of sp³-hybridized carbons (Fsp3) is 0.636. The summed E-state index contributed by atoms with van der Waals surface area (Å²) in [6.07, 6.45) is 7.16. The zero-order valence-corrected chi connectivity index (χ0v) is 10.3. The van der Waals surface area contributed by atoms with Gasteiger partial charge in [-0.15, -0.1) is 0 Å². The second-order valence-corrected chi connectivity index (χ2v) is 6.15. The summed E-state index contributed by atoms with van der Waals surface area (Å²) in [5.41, 5.74) is 2.45. The molecular formula is C11H20O2S. The average molecular weight is 216 g/mol. The monoisotopic (exact) mass is 216 g/mol. The summed E-state index contributed by atoms with van der Waals surface area (Å²) in [7, 11) is -2.85. The lowest BCUT2D eigenvalue weighted by atomic mass is 10.1. The molecule has 0 saturated carbocycles. The Bertz CT molecular complexity index is 317. The molecule has 0 unspecified atom stereocenters. The topological polar surface area (TPSA) is 34.1 Å². The summed E-state index contributed by atoms with van der Waals surface area (Å²) in [4.78, 5) is 0. The van der Waals surface area contributed by atoms with Crippen molar-refractivity contribution in [1.29, 1.82) is 0 Å². The van der Waals surface area contributed by atoms with E-state index in [0.29, 0.717) is 0 Å². The zero-order chi connectivity index (χ0) is 11.2. The Morgan fingerprint density at radius 3 is 2.14 bits per heavy atom. The molecule has 0 aromatic heterocycles. The third-order valence-electron chi connectivity index (χ3n) is 1.83.